The van der Waals surface area contributed by atoms with Gasteiger partial charge in [-0.2, -0.15) is 0 Å². The van der Waals surface area contributed by atoms with Crippen LogP contribution in [0.4, 0.5) is 0 Å². The first-order valence-electron chi connectivity index (χ1n) is 6.82. The lowest BCUT2D eigenvalue weighted by molar-refractivity contribution is 0.129. The van der Waals surface area contributed by atoms with E-state index in [1.54, 1.807) is 0 Å². The predicted molar refractivity (Wildman–Crippen MR) is 87.8 cm³/mol. The SMILES string of the molecule is CCCCOCCCNC(=NC)NC1CC1C.I. The molecule has 2 atom stereocenters. The van der Waals surface area contributed by atoms with E-state index in [2.05, 4.69) is 29.5 Å². The van der Waals surface area contributed by atoms with Crippen LogP contribution >= 0.6 is 24.0 Å². The maximum atomic E-state index is 5.50. The van der Waals surface area contributed by atoms with Crippen LogP contribution in [0.2, 0.25) is 0 Å². The molecule has 18 heavy (non-hydrogen) atoms. The van der Waals surface area contributed by atoms with Crippen molar-refractivity contribution >= 4 is 29.9 Å². The highest BCUT2D eigenvalue weighted by Gasteiger charge is 2.32. The second-order valence-corrected chi connectivity index (χ2v) is 4.78. The van der Waals surface area contributed by atoms with Gasteiger partial charge in [-0.05, 0) is 25.2 Å². The summed E-state index contributed by atoms with van der Waals surface area (Å²) < 4.78 is 5.50. The fourth-order valence-electron chi connectivity index (χ4n) is 1.62. The summed E-state index contributed by atoms with van der Waals surface area (Å²) in [6.07, 6.45) is 4.66. The summed E-state index contributed by atoms with van der Waals surface area (Å²) in [6, 6.07) is 0.627. The van der Waals surface area contributed by atoms with Gasteiger partial charge in [0.15, 0.2) is 5.96 Å². The van der Waals surface area contributed by atoms with Crippen LogP contribution in [0, 0.1) is 5.92 Å². The van der Waals surface area contributed by atoms with Gasteiger partial charge in [0.2, 0.25) is 0 Å². The molecule has 1 saturated carbocycles. The molecule has 0 heterocycles. The van der Waals surface area contributed by atoms with Gasteiger partial charge < -0.3 is 15.4 Å². The highest BCUT2D eigenvalue weighted by atomic mass is 127. The maximum absolute atomic E-state index is 5.50. The molecule has 2 unspecified atom stereocenters. The normalized spacial score (nSPS) is 22.3. The minimum absolute atomic E-state index is 0. The second kappa shape index (κ2) is 10.8. The van der Waals surface area contributed by atoms with Crippen LogP contribution in [-0.2, 0) is 4.74 Å². The molecule has 1 aliphatic rings. The second-order valence-electron chi connectivity index (χ2n) is 4.78. The first-order chi connectivity index (χ1) is 8.27. The number of ether oxygens (including phenoxy) is 1. The largest absolute Gasteiger partial charge is 0.381 e. The van der Waals surface area contributed by atoms with Crippen molar-refractivity contribution < 1.29 is 4.74 Å². The third-order valence-electron chi connectivity index (χ3n) is 3.06. The lowest BCUT2D eigenvalue weighted by atomic mass is 10.4. The zero-order chi connectivity index (χ0) is 12.5. The first-order valence-corrected chi connectivity index (χ1v) is 6.82. The molecule has 0 amide bonds. The molecule has 0 spiro atoms. The molecule has 1 fully saturated rings. The molecular weight excluding hydrogens is 341 g/mol. The Hall–Kier alpha value is -0.0400. The van der Waals surface area contributed by atoms with E-state index in [0.29, 0.717) is 6.04 Å². The average molecular weight is 369 g/mol. The number of unbranched alkanes of at least 4 members (excludes halogenated alkanes) is 1. The Morgan fingerprint density at radius 1 is 1.33 bits per heavy atom. The summed E-state index contributed by atoms with van der Waals surface area (Å²) >= 11 is 0. The minimum Gasteiger partial charge on any atom is -0.381 e. The van der Waals surface area contributed by atoms with E-state index in [9.17, 15) is 0 Å². The van der Waals surface area contributed by atoms with Crippen LogP contribution in [0.15, 0.2) is 4.99 Å². The van der Waals surface area contributed by atoms with Crippen molar-refractivity contribution in [2.24, 2.45) is 10.9 Å². The highest BCUT2D eigenvalue weighted by molar-refractivity contribution is 14.0. The minimum atomic E-state index is 0. The van der Waals surface area contributed by atoms with Gasteiger partial charge in [-0.1, -0.05) is 20.3 Å². The topological polar surface area (TPSA) is 45.6 Å². The Morgan fingerprint density at radius 3 is 2.56 bits per heavy atom. The van der Waals surface area contributed by atoms with Crippen molar-refractivity contribution in [1.29, 1.82) is 0 Å². The molecule has 1 aliphatic carbocycles. The van der Waals surface area contributed by atoms with Crippen LogP contribution in [0.1, 0.15) is 39.5 Å². The van der Waals surface area contributed by atoms with E-state index >= 15 is 0 Å². The molecule has 2 N–H and O–H groups in total. The Bertz CT molecular complexity index is 236. The van der Waals surface area contributed by atoms with Crippen LogP contribution in [-0.4, -0.2) is 38.8 Å². The van der Waals surface area contributed by atoms with E-state index in [4.69, 9.17) is 4.74 Å². The number of hydrogen-bond acceptors (Lipinski definition) is 2. The van der Waals surface area contributed by atoms with E-state index < -0.39 is 0 Å². The van der Waals surface area contributed by atoms with E-state index in [1.165, 1.54) is 12.8 Å². The van der Waals surface area contributed by atoms with Crippen LogP contribution in [0.3, 0.4) is 0 Å². The zero-order valence-corrected chi connectivity index (χ0v) is 14.2. The molecule has 0 aromatic rings. The highest BCUT2D eigenvalue weighted by Crippen LogP contribution is 2.28. The molecule has 0 aromatic carbocycles. The van der Waals surface area contributed by atoms with Gasteiger partial charge >= 0.3 is 0 Å². The van der Waals surface area contributed by atoms with Gasteiger partial charge in [0.1, 0.15) is 0 Å². The maximum Gasteiger partial charge on any atom is 0.191 e. The lowest BCUT2D eigenvalue weighted by Crippen LogP contribution is -2.39. The summed E-state index contributed by atoms with van der Waals surface area (Å²) in [5.74, 6) is 1.72. The Kier molecular flexibility index (Phi) is 10.8. The van der Waals surface area contributed by atoms with E-state index in [-0.39, 0.29) is 24.0 Å². The van der Waals surface area contributed by atoms with Crippen molar-refractivity contribution in [2.45, 2.75) is 45.6 Å². The van der Waals surface area contributed by atoms with Crippen molar-refractivity contribution in [3.05, 3.63) is 0 Å². The molecule has 0 radical (unpaired) electrons. The fourth-order valence-corrected chi connectivity index (χ4v) is 1.62. The summed E-state index contributed by atoms with van der Waals surface area (Å²) in [4.78, 5) is 4.20. The third-order valence-corrected chi connectivity index (χ3v) is 3.06. The number of rotatable bonds is 8. The molecular formula is C13H28IN3O. The molecule has 1 rings (SSSR count). The third kappa shape index (κ3) is 8.13. The van der Waals surface area contributed by atoms with Crippen molar-refractivity contribution in [2.75, 3.05) is 26.8 Å². The molecule has 0 saturated heterocycles. The van der Waals surface area contributed by atoms with Gasteiger partial charge in [0, 0.05) is 32.8 Å². The summed E-state index contributed by atoms with van der Waals surface area (Å²) in [6.45, 7) is 7.09. The molecule has 0 aliphatic heterocycles. The number of nitrogens with one attached hydrogen (secondary N) is 2. The van der Waals surface area contributed by atoms with Crippen LogP contribution in [0.25, 0.3) is 0 Å². The number of aliphatic imine (C=N–C) groups is 1. The van der Waals surface area contributed by atoms with Crippen LogP contribution < -0.4 is 10.6 Å². The molecule has 0 bridgehead atoms. The number of halogens is 1. The van der Waals surface area contributed by atoms with Crippen molar-refractivity contribution in [3.8, 4) is 0 Å². The van der Waals surface area contributed by atoms with Crippen LogP contribution in [0.5, 0.6) is 0 Å². The number of guanidine groups is 1. The monoisotopic (exact) mass is 369 g/mol. The predicted octanol–water partition coefficient (Wildman–Crippen LogP) is 2.38. The molecule has 108 valence electrons. The number of hydrogen-bond donors (Lipinski definition) is 2. The fraction of sp³-hybridized carbons (Fsp3) is 0.923. The van der Waals surface area contributed by atoms with Gasteiger partial charge in [0.25, 0.3) is 0 Å². The smallest absolute Gasteiger partial charge is 0.191 e. The zero-order valence-electron chi connectivity index (χ0n) is 11.9. The van der Waals surface area contributed by atoms with E-state index in [0.717, 1.165) is 44.5 Å². The summed E-state index contributed by atoms with van der Waals surface area (Å²) in [5.41, 5.74) is 0. The lowest BCUT2D eigenvalue weighted by Gasteiger charge is -2.11. The number of nitrogens with zero attached hydrogens (tertiary/aromatic N) is 1. The quantitative estimate of drug-likeness (QED) is 0.299. The summed E-state index contributed by atoms with van der Waals surface area (Å²) in [5, 5.41) is 6.71. The Balaban J connectivity index is 0.00000289. The van der Waals surface area contributed by atoms with Gasteiger partial charge in [-0.3, -0.25) is 4.99 Å². The summed E-state index contributed by atoms with van der Waals surface area (Å²) in [7, 11) is 1.82. The van der Waals surface area contributed by atoms with Crippen molar-refractivity contribution in [3.63, 3.8) is 0 Å². The average Bonchev–Trinajstić information content (AvgIpc) is 3.02. The standard InChI is InChI=1S/C13H27N3O.HI/c1-4-5-8-17-9-6-7-15-13(14-3)16-12-10-11(12)2;/h11-12H,4-10H2,1-3H3,(H2,14,15,16);1H. The molecule has 5 heteroatoms. The van der Waals surface area contributed by atoms with Gasteiger partial charge in [-0.25, -0.2) is 0 Å². The Morgan fingerprint density at radius 2 is 2.00 bits per heavy atom. The van der Waals surface area contributed by atoms with Gasteiger partial charge in [0.05, 0.1) is 0 Å². The van der Waals surface area contributed by atoms with E-state index in [1.807, 2.05) is 7.05 Å². The molecule has 4 nitrogen and oxygen atoms in total. The van der Waals surface area contributed by atoms with Crippen molar-refractivity contribution in [1.82, 2.24) is 10.6 Å². The van der Waals surface area contributed by atoms with Gasteiger partial charge in [-0.15, -0.1) is 24.0 Å². The molecule has 0 aromatic heterocycles. The first kappa shape index (κ1) is 18.0. The Labute approximate surface area is 128 Å².